The van der Waals surface area contributed by atoms with Crippen molar-refractivity contribution in [1.82, 2.24) is 9.13 Å². The molecule has 0 saturated heterocycles. The van der Waals surface area contributed by atoms with Crippen LogP contribution in [0.3, 0.4) is 0 Å². The summed E-state index contributed by atoms with van der Waals surface area (Å²) in [7, 11) is 0. The first-order valence-corrected chi connectivity index (χ1v) is 28.7. The number of nitrogens with zero attached hydrogens (tertiary/aromatic N) is 4. The molecule has 0 aliphatic heterocycles. The van der Waals surface area contributed by atoms with Crippen LogP contribution in [0.4, 0.5) is 34.1 Å². The lowest BCUT2D eigenvalue weighted by atomic mass is 9.82. The van der Waals surface area contributed by atoms with Crippen LogP contribution in [0.1, 0.15) is 61.1 Å². The minimum atomic E-state index is -0.117. The summed E-state index contributed by atoms with van der Waals surface area (Å²) < 4.78 is 4.92. The van der Waals surface area contributed by atoms with Gasteiger partial charge in [-0.15, -0.1) is 0 Å². The van der Waals surface area contributed by atoms with Crippen molar-refractivity contribution in [1.29, 1.82) is 0 Å². The van der Waals surface area contributed by atoms with Crippen molar-refractivity contribution in [3.05, 3.63) is 300 Å². The van der Waals surface area contributed by atoms with E-state index in [4.69, 9.17) is 0 Å². The molecule has 82 heavy (non-hydrogen) atoms. The van der Waals surface area contributed by atoms with Gasteiger partial charge in [-0.3, -0.25) is 0 Å². The minimum Gasteiger partial charge on any atom is -0.310 e. The zero-order chi connectivity index (χ0) is 55.4. The van der Waals surface area contributed by atoms with Gasteiger partial charge >= 0.3 is 0 Å². The minimum absolute atomic E-state index is 0.117. The molecule has 0 unspecified atom stereocenters. The van der Waals surface area contributed by atoms with Crippen molar-refractivity contribution in [2.24, 2.45) is 0 Å². The molecular weight excluding hydrogens is 993 g/mol. The Kier molecular flexibility index (Phi) is 11.3. The summed E-state index contributed by atoms with van der Waals surface area (Å²) in [5.41, 5.74) is 28.8. The number of para-hydroxylation sites is 2. The fourth-order valence-electron chi connectivity index (χ4n) is 13.6. The standard InChI is InChI=1S/C78H62N4/c1-51-25-29-53(30-26-51)73-45-55-47-76-56(48-75(55)81(73)61-37-33-59(34-38-61)79(57-17-9-7-10-18-57)63-41-43-67-65-21-13-15-23-69(65)77(3,4)71(67)49-63)46-74(54-31-27-52(2)28-32-54)82(76)62-39-35-60(36-40-62)80(58-19-11-8-12-20-58)64-42-44-68-66-22-14-16-24-70(66)78(5,6)72(68)50-64/h7-50H,1-6H3. The Morgan fingerprint density at radius 2 is 0.610 bits per heavy atom. The number of rotatable bonds is 10. The van der Waals surface area contributed by atoms with Gasteiger partial charge in [0.25, 0.3) is 0 Å². The SMILES string of the molecule is Cc1ccc(-c2cc3cc4c(cc(-c5ccc(C)cc5)n4-c4ccc(N(c5ccccc5)c5ccc6c(c5)C(C)(C)c5ccccc5-6)cc4)cc3n2-c2ccc(N(c3ccccc3)c3ccc4c(c3)C(C)(C)c3ccccc3-4)cc2)cc1. The van der Waals surface area contributed by atoms with Crippen LogP contribution in [0.15, 0.2) is 267 Å². The maximum atomic E-state index is 2.46. The average Bonchev–Trinajstić information content (AvgIpc) is 3.12. The van der Waals surface area contributed by atoms with E-state index < -0.39 is 0 Å². The predicted octanol–water partition coefficient (Wildman–Crippen LogP) is 21.1. The maximum absolute atomic E-state index is 2.46. The lowest BCUT2D eigenvalue weighted by Gasteiger charge is -2.28. The molecule has 0 saturated carbocycles. The van der Waals surface area contributed by atoms with Gasteiger partial charge in [0.15, 0.2) is 0 Å². The number of aryl methyl sites for hydroxylation is 2. The molecule has 2 heterocycles. The van der Waals surface area contributed by atoms with Crippen molar-refractivity contribution < 1.29 is 0 Å². The van der Waals surface area contributed by atoms with Crippen LogP contribution in [0.25, 0.3) is 77.9 Å². The molecule has 13 aromatic rings. The molecule has 0 bridgehead atoms. The van der Waals surface area contributed by atoms with Crippen LogP contribution in [-0.2, 0) is 10.8 Å². The Labute approximate surface area is 481 Å². The van der Waals surface area contributed by atoms with Crippen molar-refractivity contribution in [2.75, 3.05) is 9.80 Å². The average molecular weight is 1060 g/mol. The first kappa shape index (κ1) is 49.2. The Morgan fingerprint density at radius 1 is 0.280 bits per heavy atom. The van der Waals surface area contributed by atoms with Gasteiger partial charge in [-0.2, -0.15) is 0 Å². The molecule has 4 heteroatoms. The molecule has 2 aromatic heterocycles. The highest BCUT2D eigenvalue weighted by molar-refractivity contribution is 6.02. The highest BCUT2D eigenvalue weighted by Gasteiger charge is 2.37. The number of hydrogen-bond acceptors (Lipinski definition) is 2. The molecule has 15 rings (SSSR count). The summed E-state index contributed by atoms with van der Waals surface area (Å²) >= 11 is 0. The first-order chi connectivity index (χ1) is 40.0. The molecule has 2 aliphatic carbocycles. The fourth-order valence-corrected chi connectivity index (χ4v) is 13.6. The topological polar surface area (TPSA) is 16.3 Å². The number of anilines is 6. The zero-order valence-corrected chi connectivity index (χ0v) is 47.2. The predicted molar refractivity (Wildman–Crippen MR) is 345 cm³/mol. The van der Waals surface area contributed by atoms with E-state index in [0.29, 0.717) is 0 Å². The summed E-state index contributed by atoms with van der Waals surface area (Å²) in [4.78, 5) is 4.80. The second-order valence-corrected chi connectivity index (χ2v) is 23.6. The van der Waals surface area contributed by atoms with E-state index in [0.717, 1.165) is 67.9 Å². The monoisotopic (exact) mass is 1050 g/mol. The van der Waals surface area contributed by atoms with Crippen LogP contribution in [-0.4, -0.2) is 9.13 Å². The summed E-state index contributed by atoms with van der Waals surface area (Å²) in [6.07, 6.45) is 0. The van der Waals surface area contributed by atoms with Crippen molar-refractivity contribution in [2.45, 2.75) is 52.4 Å². The zero-order valence-electron chi connectivity index (χ0n) is 47.2. The Bertz CT molecular complexity index is 4300. The molecule has 2 aliphatic rings. The number of aromatic nitrogens is 2. The van der Waals surface area contributed by atoms with Gasteiger partial charge in [0, 0.05) is 67.1 Å². The Balaban J connectivity index is 0.855. The fraction of sp³-hybridized carbons (Fsp3) is 0.103. The highest BCUT2D eigenvalue weighted by Crippen LogP contribution is 2.53. The molecule has 0 atom stereocenters. The van der Waals surface area contributed by atoms with Gasteiger partial charge in [0.2, 0.25) is 0 Å². The molecular formula is C78H62N4. The van der Waals surface area contributed by atoms with Crippen molar-refractivity contribution in [3.8, 4) is 56.1 Å². The van der Waals surface area contributed by atoms with Crippen LogP contribution in [0, 0.1) is 13.8 Å². The molecule has 394 valence electrons. The summed E-state index contributed by atoms with van der Waals surface area (Å²) in [6.45, 7) is 13.7. The lowest BCUT2D eigenvalue weighted by molar-refractivity contribution is 0.660. The lowest BCUT2D eigenvalue weighted by Crippen LogP contribution is -2.16. The van der Waals surface area contributed by atoms with Gasteiger partial charge in [-0.25, -0.2) is 0 Å². The Hall–Kier alpha value is -9.90. The Morgan fingerprint density at radius 3 is 1.00 bits per heavy atom. The van der Waals surface area contributed by atoms with E-state index in [1.807, 2.05) is 0 Å². The molecule has 0 fully saturated rings. The van der Waals surface area contributed by atoms with Gasteiger partial charge in [0.1, 0.15) is 0 Å². The van der Waals surface area contributed by atoms with E-state index in [2.05, 4.69) is 327 Å². The van der Waals surface area contributed by atoms with E-state index in [9.17, 15) is 0 Å². The van der Waals surface area contributed by atoms with E-state index >= 15 is 0 Å². The quantitative estimate of drug-likeness (QED) is 0.136. The largest absolute Gasteiger partial charge is 0.310 e. The normalized spacial score (nSPS) is 13.4. The second-order valence-electron chi connectivity index (χ2n) is 23.6. The van der Waals surface area contributed by atoms with E-state index in [-0.39, 0.29) is 10.8 Å². The molecule has 0 amide bonds. The third-order valence-electron chi connectivity index (χ3n) is 17.8. The molecule has 0 N–H and O–H groups in total. The third kappa shape index (κ3) is 7.88. The van der Waals surface area contributed by atoms with Crippen molar-refractivity contribution in [3.63, 3.8) is 0 Å². The maximum Gasteiger partial charge on any atom is 0.0542 e. The van der Waals surface area contributed by atoms with Crippen molar-refractivity contribution >= 4 is 55.9 Å². The number of benzene rings is 11. The highest BCUT2D eigenvalue weighted by atomic mass is 15.1. The number of fused-ring (bicyclic) bond motifs is 8. The van der Waals surface area contributed by atoms with E-state index in [1.54, 1.807) is 0 Å². The molecule has 0 spiro atoms. The number of hydrogen-bond donors (Lipinski definition) is 0. The van der Waals surface area contributed by atoms with Gasteiger partial charge in [-0.1, -0.05) is 184 Å². The van der Waals surface area contributed by atoms with Crippen LogP contribution in [0.5, 0.6) is 0 Å². The third-order valence-corrected chi connectivity index (χ3v) is 17.8. The molecule has 4 nitrogen and oxygen atoms in total. The van der Waals surface area contributed by atoms with Gasteiger partial charge in [0.05, 0.1) is 22.4 Å². The van der Waals surface area contributed by atoms with Gasteiger partial charge < -0.3 is 18.9 Å². The molecule has 0 radical (unpaired) electrons. The summed E-state index contributed by atoms with van der Waals surface area (Å²) in [6, 6.07) is 99.2. The second kappa shape index (κ2) is 18.9. The van der Waals surface area contributed by atoms with E-state index in [1.165, 1.54) is 77.5 Å². The summed E-state index contributed by atoms with van der Waals surface area (Å²) in [5, 5.41) is 2.34. The molecule has 11 aromatic carbocycles. The van der Waals surface area contributed by atoms with Crippen LogP contribution >= 0.6 is 0 Å². The smallest absolute Gasteiger partial charge is 0.0542 e. The van der Waals surface area contributed by atoms with Crippen LogP contribution in [0.2, 0.25) is 0 Å². The van der Waals surface area contributed by atoms with Crippen LogP contribution < -0.4 is 9.80 Å². The summed E-state index contributed by atoms with van der Waals surface area (Å²) in [5.74, 6) is 0. The van der Waals surface area contributed by atoms with Gasteiger partial charge in [-0.05, 0) is 191 Å². The first-order valence-electron chi connectivity index (χ1n) is 28.7.